The summed E-state index contributed by atoms with van der Waals surface area (Å²) in [6.45, 7) is 2.84. The maximum atomic E-state index is 13.1. The van der Waals surface area contributed by atoms with Crippen LogP contribution < -0.4 is 14.8 Å². The average molecular weight is 489 g/mol. The molecule has 2 aliphatic heterocycles. The molecule has 4 rings (SSSR count). The molecular weight excluding hydrogens is 463 g/mol. The first-order valence-corrected chi connectivity index (χ1v) is 11.3. The van der Waals surface area contributed by atoms with Crippen molar-refractivity contribution in [1.29, 1.82) is 0 Å². The summed E-state index contributed by atoms with van der Waals surface area (Å²) in [4.78, 5) is 28.4. The van der Waals surface area contributed by atoms with Gasteiger partial charge in [0.1, 0.15) is 0 Å². The zero-order valence-corrected chi connectivity index (χ0v) is 19.0. The first kappa shape index (κ1) is 24.6. The fraction of sp³-hybridized carbons (Fsp3) is 0.360. The zero-order chi connectivity index (χ0) is 24.8. The fourth-order valence-electron chi connectivity index (χ4n) is 3.91. The highest BCUT2D eigenvalue weighted by Crippen LogP contribution is 2.34. The van der Waals surface area contributed by atoms with Gasteiger partial charge in [0.05, 0.1) is 31.0 Å². The number of alkyl halides is 3. The Morgan fingerprint density at radius 3 is 2.43 bits per heavy atom. The molecule has 7 nitrogen and oxygen atoms in total. The summed E-state index contributed by atoms with van der Waals surface area (Å²) in [6, 6.07) is 10.4. The highest BCUT2D eigenvalue weighted by Gasteiger charge is 2.33. The van der Waals surface area contributed by atoms with E-state index in [0.29, 0.717) is 50.9 Å². The number of hydrogen-bond acceptors (Lipinski definition) is 5. The Morgan fingerprint density at radius 2 is 1.69 bits per heavy atom. The standard InChI is InChI=1S/C25H26F3N3O4/c26-25(27,28)19-4-1-2-5-20(19)29-23(32)17-30-10-12-31(13-11-30)24(33)9-7-18-6-8-21-22(16-18)35-15-3-14-34-21/h1-2,4-9,16H,3,10-15,17H2,(H,29,32)/b9-7+. The van der Waals surface area contributed by atoms with Crippen molar-refractivity contribution in [3.05, 3.63) is 59.7 Å². The molecule has 35 heavy (non-hydrogen) atoms. The highest BCUT2D eigenvalue weighted by atomic mass is 19.4. The van der Waals surface area contributed by atoms with Crippen LogP contribution in [0.5, 0.6) is 11.5 Å². The third-order valence-corrected chi connectivity index (χ3v) is 5.75. The van der Waals surface area contributed by atoms with Gasteiger partial charge in [-0.3, -0.25) is 14.5 Å². The Labute approximate surface area is 201 Å². The lowest BCUT2D eigenvalue weighted by Gasteiger charge is -2.33. The predicted molar refractivity (Wildman–Crippen MR) is 124 cm³/mol. The van der Waals surface area contributed by atoms with Gasteiger partial charge in [0.25, 0.3) is 0 Å². The van der Waals surface area contributed by atoms with Crippen molar-refractivity contribution < 1.29 is 32.2 Å². The van der Waals surface area contributed by atoms with Gasteiger partial charge in [0.15, 0.2) is 11.5 Å². The lowest BCUT2D eigenvalue weighted by atomic mass is 10.1. The summed E-state index contributed by atoms with van der Waals surface area (Å²) >= 11 is 0. The highest BCUT2D eigenvalue weighted by molar-refractivity contribution is 5.93. The molecule has 0 radical (unpaired) electrons. The van der Waals surface area contributed by atoms with E-state index in [1.54, 1.807) is 11.0 Å². The smallest absolute Gasteiger partial charge is 0.418 e. The van der Waals surface area contributed by atoms with Gasteiger partial charge in [-0.15, -0.1) is 0 Å². The number of nitrogens with zero attached hydrogens (tertiary/aromatic N) is 2. The number of benzene rings is 2. The van der Waals surface area contributed by atoms with Crippen molar-refractivity contribution in [3.8, 4) is 11.5 Å². The minimum atomic E-state index is -4.55. The third kappa shape index (κ3) is 6.54. The summed E-state index contributed by atoms with van der Waals surface area (Å²) in [7, 11) is 0. The second-order valence-corrected chi connectivity index (χ2v) is 8.28. The third-order valence-electron chi connectivity index (χ3n) is 5.75. The van der Waals surface area contributed by atoms with E-state index < -0.39 is 17.6 Å². The van der Waals surface area contributed by atoms with Crippen LogP contribution in [0.2, 0.25) is 0 Å². The summed E-state index contributed by atoms with van der Waals surface area (Å²) in [5.41, 5.74) is -0.333. The first-order valence-electron chi connectivity index (χ1n) is 11.3. The van der Waals surface area contributed by atoms with E-state index in [1.165, 1.54) is 24.3 Å². The van der Waals surface area contributed by atoms with Crippen LogP contribution in [-0.2, 0) is 15.8 Å². The van der Waals surface area contributed by atoms with Crippen molar-refractivity contribution >= 4 is 23.6 Å². The Bertz CT molecular complexity index is 1100. The Morgan fingerprint density at radius 1 is 0.971 bits per heavy atom. The van der Waals surface area contributed by atoms with Gasteiger partial charge in [-0.2, -0.15) is 13.2 Å². The molecule has 0 saturated carbocycles. The maximum Gasteiger partial charge on any atom is 0.418 e. The van der Waals surface area contributed by atoms with Crippen molar-refractivity contribution in [2.45, 2.75) is 12.6 Å². The summed E-state index contributed by atoms with van der Waals surface area (Å²) in [5, 5.41) is 2.35. The number of anilines is 1. The van der Waals surface area contributed by atoms with E-state index in [0.717, 1.165) is 18.1 Å². The minimum absolute atomic E-state index is 0.0543. The van der Waals surface area contributed by atoms with E-state index in [-0.39, 0.29) is 18.1 Å². The number of hydrogen-bond donors (Lipinski definition) is 1. The van der Waals surface area contributed by atoms with Gasteiger partial charge in [0.2, 0.25) is 11.8 Å². The number of fused-ring (bicyclic) bond motifs is 1. The SMILES string of the molecule is O=C(CN1CCN(C(=O)/C=C/c2ccc3c(c2)OCCCO3)CC1)Nc1ccccc1C(F)(F)F. The van der Waals surface area contributed by atoms with E-state index in [2.05, 4.69) is 5.32 Å². The molecule has 0 aliphatic carbocycles. The number of carbonyl (C=O) groups excluding carboxylic acids is 2. The largest absolute Gasteiger partial charge is 0.490 e. The fourth-order valence-corrected chi connectivity index (χ4v) is 3.91. The van der Waals surface area contributed by atoms with Crippen LogP contribution >= 0.6 is 0 Å². The molecule has 2 aromatic rings. The summed E-state index contributed by atoms with van der Waals surface area (Å²) in [5.74, 6) is 0.658. The molecule has 0 spiro atoms. The molecule has 2 amide bonds. The van der Waals surface area contributed by atoms with Gasteiger partial charge < -0.3 is 19.7 Å². The molecule has 1 saturated heterocycles. The van der Waals surface area contributed by atoms with Crippen LogP contribution in [-0.4, -0.2) is 67.6 Å². The summed E-state index contributed by atoms with van der Waals surface area (Å²) in [6.07, 6.45) is -0.528. The maximum absolute atomic E-state index is 13.1. The van der Waals surface area contributed by atoms with Crippen molar-refractivity contribution in [2.24, 2.45) is 0 Å². The molecule has 1 fully saturated rings. The van der Waals surface area contributed by atoms with E-state index in [1.807, 2.05) is 23.1 Å². The summed E-state index contributed by atoms with van der Waals surface area (Å²) < 4.78 is 50.6. The van der Waals surface area contributed by atoms with Gasteiger partial charge in [-0.25, -0.2) is 0 Å². The molecule has 2 aromatic carbocycles. The Kier molecular flexibility index (Phi) is 7.60. The van der Waals surface area contributed by atoms with Crippen LogP contribution in [0.4, 0.5) is 18.9 Å². The van der Waals surface area contributed by atoms with Gasteiger partial charge >= 0.3 is 6.18 Å². The Balaban J connectivity index is 1.26. The van der Waals surface area contributed by atoms with Crippen LogP contribution in [0.1, 0.15) is 17.5 Å². The molecule has 2 heterocycles. The first-order chi connectivity index (χ1) is 16.8. The van der Waals surface area contributed by atoms with E-state index in [4.69, 9.17) is 9.47 Å². The number of halogens is 3. The zero-order valence-electron chi connectivity index (χ0n) is 19.0. The van der Waals surface area contributed by atoms with E-state index >= 15 is 0 Å². The minimum Gasteiger partial charge on any atom is -0.490 e. The predicted octanol–water partition coefficient (Wildman–Crippen LogP) is 3.66. The Hall–Kier alpha value is -3.53. The van der Waals surface area contributed by atoms with Gasteiger partial charge in [-0.05, 0) is 35.9 Å². The molecule has 2 aliphatic rings. The monoisotopic (exact) mass is 489 g/mol. The van der Waals surface area contributed by atoms with Crippen molar-refractivity contribution in [1.82, 2.24) is 9.80 Å². The normalized spacial score (nSPS) is 16.7. The number of nitrogens with one attached hydrogen (secondary N) is 1. The molecule has 0 atom stereocenters. The molecule has 0 unspecified atom stereocenters. The van der Waals surface area contributed by atoms with Crippen LogP contribution in [0.3, 0.4) is 0 Å². The van der Waals surface area contributed by atoms with Gasteiger partial charge in [0, 0.05) is 38.7 Å². The molecule has 1 N–H and O–H groups in total. The molecule has 186 valence electrons. The number of piperazine rings is 1. The quantitative estimate of drug-likeness (QED) is 0.650. The molecule has 0 bridgehead atoms. The van der Waals surface area contributed by atoms with Gasteiger partial charge in [-0.1, -0.05) is 18.2 Å². The number of para-hydroxylation sites is 1. The number of rotatable bonds is 5. The molecule has 0 aromatic heterocycles. The number of ether oxygens (including phenoxy) is 2. The average Bonchev–Trinajstić information content (AvgIpc) is 3.07. The number of amides is 2. The second kappa shape index (κ2) is 10.8. The number of carbonyl (C=O) groups is 2. The van der Waals surface area contributed by atoms with E-state index in [9.17, 15) is 22.8 Å². The van der Waals surface area contributed by atoms with Crippen LogP contribution in [0.25, 0.3) is 6.08 Å². The lowest BCUT2D eigenvalue weighted by Crippen LogP contribution is -2.50. The molecular formula is C25H26F3N3O4. The van der Waals surface area contributed by atoms with Crippen LogP contribution in [0.15, 0.2) is 48.5 Å². The van der Waals surface area contributed by atoms with Crippen molar-refractivity contribution in [2.75, 3.05) is 51.3 Å². The lowest BCUT2D eigenvalue weighted by molar-refractivity contribution is -0.137. The van der Waals surface area contributed by atoms with Crippen LogP contribution in [0, 0.1) is 0 Å². The van der Waals surface area contributed by atoms with Crippen molar-refractivity contribution in [3.63, 3.8) is 0 Å². The second-order valence-electron chi connectivity index (χ2n) is 8.28. The molecule has 10 heteroatoms. The topological polar surface area (TPSA) is 71.1 Å².